The van der Waals surface area contributed by atoms with Gasteiger partial charge in [0.05, 0.1) is 9.75 Å². The Morgan fingerprint density at radius 3 is 2.93 bits per heavy atom. The molecule has 0 spiro atoms. The van der Waals surface area contributed by atoms with E-state index in [1.54, 1.807) is 30.0 Å². The molecule has 0 radical (unpaired) electrons. The lowest BCUT2D eigenvalue weighted by atomic mass is 9.97. The second kappa shape index (κ2) is 5.53. The standard InChI is InChI=1S/C10H16N2OS2/c1-10(12,9(11)13)5-3-7-15-8-4-2-6-14-8/h2,4,6H,3,5,7,12H2,1H3,(H2,11,13). The second-order valence-corrected chi connectivity index (χ2v) is 6.01. The van der Waals surface area contributed by atoms with Crippen molar-refractivity contribution in [1.29, 1.82) is 0 Å². The Bertz CT molecular complexity index is 309. The van der Waals surface area contributed by atoms with Crippen molar-refractivity contribution in [1.82, 2.24) is 0 Å². The van der Waals surface area contributed by atoms with Crippen molar-refractivity contribution in [3.63, 3.8) is 0 Å². The predicted octanol–water partition coefficient (Wildman–Crippen LogP) is 1.82. The summed E-state index contributed by atoms with van der Waals surface area (Å²) in [4.78, 5) is 10.9. The maximum atomic E-state index is 10.9. The Balaban J connectivity index is 2.19. The van der Waals surface area contributed by atoms with Gasteiger partial charge in [-0.05, 0) is 37.0 Å². The van der Waals surface area contributed by atoms with Gasteiger partial charge in [-0.25, -0.2) is 0 Å². The first kappa shape index (κ1) is 12.5. The molecule has 1 rings (SSSR count). The number of rotatable bonds is 6. The third-order valence-corrected chi connectivity index (χ3v) is 4.36. The van der Waals surface area contributed by atoms with E-state index in [4.69, 9.17) is 11.5 Å². The summed E-state index contributed by atoms with van der Waals surface area (Å²) in [5.41, 5.74) is 10.1. The van der Waals surface area contributed by atoms with Crippen LogP contribution in [0, 0.1) is 0 Å². The predicted molar refractivity (Wildman–Crippen MR) is 66.1 cm³/mol. The number of nitrogens with two attached hydrogens (primary N) is 2. The Hall–Kier alpha value is -0.520. The van der Waals surface area contributed by atoms with Crippen LogP contribution in [-0.4, -0.2) is 17.2 Å². The molecule has 0 aliphatic heterocycles. The summed E-state index contributed by atoms with van der Waals surface area (Å²) in [6.07, 6.45) is 1.54. The van der Waals surface area contributed by atoms with Gasteiger partial charge in [0.15, 0.2) is 0 Å². The minimum atomic E-state index is -0.865. The van der Waals surface area contributed by atoms with Crippen LogP contribution in [-0.2, 0) is 4.79 Å². The maximum Gasteiger partial charge on any atom is 0.237 e. The summed E-state index contributed by atoms with van der Waals surface area (Å²) in [6.45, 7) is 1.69. The molecule has 84 valence electrons. The monoisotopic (exact) mass is 244 g/mol. The van der Waals surface area contributed by atoms with Crippen LogP contribution in [0.4, 0.5) is 0 Å². The van der Waals surface area contributed by atoms with E-state index in [-0.39, 0.29) is 0 Å². The lowest BCUT2D eigenvalue weighted by molar-refractivity contribution is -0.122. The van der Waals surface area contributed by atoms with E-state index >= 15 is 0 Å². The summed E-state index contributed by atoms with van der Waals surface area (Å²) in [5.74, 6) is 0.546. The van der Waals surface area contributed by atoms with Gasteiger partial charge in [-0.2, -0.15) is 0 Å². The van der Waals surface area contributed by atoms with Crippen LogP contribution < -0.4 is 11.5 Å². The highest BCUT2D eigenvalue weighted by atomic mass is 32.2. The molecule has 1 aromatic rings. The molecule has 1 amide bonds. The fourth-order valence-electron chi connectivity index (χ4n) is 1.08. The van der Waals surface area contributed by atoms with Crippen LogP contribution in [0.3, 0.4) is 0 Å². The molecule has 1 atom stereocenters. The van der Waals surface area contributed by atoms with E-state index in [1.165, 1.54) is 4.21 Å². The number of amides is 1. The Morgan fingerprint density at radius 1 is 1.67 bits per heavy atom. The number of primary amides is 1. The van der Waals surface area contributed by atoms with Crippen molar-refractivity contribution in [2.75, 3.05) is 5.75 Å². The smallest absolute Gasteiger partial charge is 0.237 e. The molecule has 0 saturated heterocycles. The molecule has 1 heterocycles. The molecule has 1 unspecified atom stereocenters. The van der Waals surface area contributed by atoms with Crippen molar-refractivity contribution in [2.24, 2.45) is 11.5 Å². The largest absolute Gasteiger partial charge is 0.368 e. The first-order chi connectivity index (χ1) is 7.02. The second-order valence-electron chi connectivity index (χ2n) is 3.67. The first-order valence-corrected chi connectivity index (χ1v) is 6.64. The molecule has 0 fully saturated rings. The molecular formula is C10H16N2OS2. The number of hydrogen-bond acceptors (Lipinski definition) is 4. The van der Waals surface area contributed by atoms with Gasteiger partial charge in [0.1, 0.15) is 0 Å². The highest BCUT2D eigenvalue weighted by Gasteiger charge is 2.24. The maximum absolute atomic E-state index is 10.9. The van der Waals surface area contributed by atoms with Crippen LogP contribution in [0.25, 0.3) is 0 Å². The molecule has 0 aliphatic rings. The van der Waals surface area contributed by atoms with Gasteiger partial charge in [0.2, 0.25) is 5.91 Å². The number of hydrogen-bond donors (Lipinski definition) is 2. The highest BCUT2D eigenvalue weighted by Crippen LogP contribution is 2.25. The molecule has 0 saturated carbocycles. The first-order valence-electron chi connectivity index (χ1n) is 4.77. The van der Waals surface area contributed by atoms with Crippen molar-refractivity contribution >= 4 is 29.0 Å². The summed E-state index contributed by atoms with van der Waals surface area (Å²) in [7, 11) is 0. The zero-order valence-corrected chi connectivity index (χ0v) is 10.4. The van der Waals surface area contributed by atoms with Gasteiger partial charge in [0, 0.05) is 0 Å². The van der Waals surface area contributed by atoms with Crippen LogP contribution in [0.5, 0.6) is 0 Å². The van der Waals surface area contributed by atoms with Crippen molar-refractivity contribution in [2.45, 2.75) is 29.5 Å². The molecule has 3 nitrogen and oxygen atoms in total. The molecule has 5 heteroatoms. The average molecular weight is 244 g/mol. The van der Waals surface area contributed by atoms with Gasteiger partial charge >= 0.3 is 0 Å². The SMILES string of the molecule is CC(N)(CCCSc1cccs1)C(N)=O. The van der Waals surface area contributed by atoms with E-state index in [0.29, 0.717) is 6.42 Å². The van der Waals surface area contributed by atoms with Crippen molar-refractivity contribution in [3.05, 3.63) is 17.5 Å². The normalized spacial score (nSPS) is 14.8. The zero-order chi connectivity index (χ0) is 11.3. The summed E-state index contributed by atoms with van der Waals surface area (Å²) >= 11 is 3.52. The van der Waals surface area contributed by atoms with E-state index in [1.807, 2.05) is 6.07 Å². The van der Waals surface area contributed by atoms with Crippen LogP contribution in [0.15, 0.2) is 21.7 Å². The molecule has 0 aromatic carbocycles. The van der Waals surface area contributed by atoms with E-state index in [9.17, 15) is 4.79 Å². The lowest BCUT2D eigenvalue weighted by Gasteiger charge is -2.19. The fourth-order valence-corrected chi connectivity index (χ4v) is 2.88. The van der Waals surface area contributed by atoms with E-state index < -0.39 is 11.4 Å². The minimum Gasteiger partial charge on any atom is -0.368 e. The molecule has 4 N–H and O–H groups in total. The third-order valence-electron chi connectivity index (χ3n) is 2.14. The van der Waals surface area contributed by atoms with Crippen LogP contribution in [0.2, 0.25) is 0 Å². The Labute approximate surface area is 98.2 Å². The Morgan fingerprint density at radius 2 is 2.40 bits per heavy atom. The fraction of sp³-hybridized carbons (Fsp3) is 0.500. The van der Waals surface area contributed by atoms with Gasteiger partial charge < -0.3 is 11.5 Å². The van der Waals surface area contributed by atoms with Gasteiger partial charge in [-0.1, -0.05) is 6.07 Å². The topological polar surface area (TPSA) is 69.1 Å². The zero-order valence-electron chi connectivity index (χ0n) is 8.73. The summed E-state index contributed by atoms with van der Waals surface area (Å²) in [6, 6.07) is 4.12. The molecular weight excluding hydrogens is 228 g/mol. The summed E-state index contributed by atoms with van der Waals surface area (Å²) in [5, 5.41) is 2.05. The van der Waals surface area contributed by atoms with E-state index in [0.717, 1.165) is 12.2 Å². The van der Waals surface area contributed by atoms with Gasteiger partial charge in [0.25, 0.3) is 0 Å². The summed E-state index contributed by atoms with van der Waals surface area (Å²) < 4.78 is 1.30. The molecule has 0 aliphatic carbocycles. The minimum absolute atomic E-state index is 0.427. The van der Waals surface area contributed by atoms with Crippen molar-refractivity contribution in [3.8, 4) is 0 Å². The van der Waals surface area contributed by atoms with Gasteiger partial charge in [-0.3, -0.25) is 4.79 Å². The quantitative estimate of drug-likeness (QED) is 0.592. The molecule has 0 bridgehead atoms. The Kier molecular flexibility index (Phi) is 4.63. The molecule has 15 heavy (non-hydrogen) atoms. The highest BCUT2D eigenvalue weighted by molar-refractivity contribution is 8.01. The van der Waals surface area contributed by atoms with Crippen LogP contribution in [0.1, 0.15) is 19.8 Å². The molecule has 1 aromatic heterocycles. The number of carbonyl (C=O) groups is 1. The average Bonchev–Trinajstić information content (AvgIpc) is 2.64. The number of thioether (sulfide) groups is 1. The van der Waals surface area contributed by atoms with E-state index in [2.05, 4.69) is 11.4 Å². The van der Waals surface area contributed by atoms with Crippen LogP contribution >= 0.6 is 23.1 Å². The number of carbonyl (C=O) groups excluding carboxylic acids is 1. The number of thiophene rings is 1. The van der Waals surface area contributed by atoms with Gasteiger partial charge in [-0.15, -0.1) is 23.1 Å². The third kappa shape index (κ3) is 4.24. The van der Waals surface area contributed by atoms with Crippen molar-refractivity contribution < 1.29 is 4.79 Å². The lowest BCUT2D eigenvalue weighted by Crippen LogP contribution is -2.49.